The lowest BCUT2D eigenvalue weighted by Crippen LogP contribution is -2.26. The van der Waals surface area contributed by atoms with Gasteiger partial charge in [-0.05, 0) is 13.8 Å². The maximum absolute atomic E-state index is 10.7. The van der Waals surface area contributed by atoms with Gasteiger partial charge in [-0.25, -0.2) is 9.97 Å². The third-order valence-corrected chi connectivity index (χ3v) is 2.22. The Morgan fingerprint density at radius 1 is 1.24 bits per heavy atom. The number of nitrogens with zero attached hydrogens (tertiary/aromatic N) is 2. The molecule has 0 spiro atoms. The fraction of sp³-hybridized carbons (Fsp3) is 0.545. The summed E-state index contributed by atoms with van der Waals surface area (Å²) in [4.78, 5) is 19.0. The Labute approximate surface area is 101 Å². The number of amides is 1. The van der Waals surface area contributed by atoms with Crippen molar-refractivity contribution < 1.29 is 4.79 Å². The number of aromatic nitrogens is 2. The van der Waals surface area contributed by atoms with Crippen LogP contribution in [0.4, 0.5) is 11.6 Å². The zero-order valence-corrected chi connectivity index (χ0v) is 10.5. The molecule has 1 rings (SSSR count). The summed E-state index contributed by atoms with van der Waals surface area (Å²) in [6, 6.07) is 0. The minimum absolute atomic E-state index is 0.0282. The van der Waals surface area contributed by atoms with E-state index in [-0.39, 0.29) is 5.91 Å². The van der Waals surface area contributed by atoms with E-state index in [0.29, 0.717) is 13.1 Å². The van der Waals surface area contributed by atoms with E-state index in [1.54, 1.807) is 0 Å². The lowest BCUT2D eigenvalue weighted by molar-refractivity contribution is -0.118. The zero-order valence-electron chi connectivity index (χ0n) is 10.5. The van der Waals surface area contributed by atoms with Gasteiger partial charge >= 0.3 is 0 Å². The summed E-state index contributed by atoms with van der Waals surface area (Å²) in [5.41, 5.74) is 0.983. The number of rotatable bonds is 6. The molecule has 0 aromatic carbocycles. The minimum Gasteiger partial charge on any atom is -0.370 e. The van der Waals surface area contributed by atoms with Crippen molar-refractivity contribution in [2.45, 2.75) is 20.8 Å². The van der Waals surface area contributed by atoms with Crippen molar-refractivity contribution in [2.24, 2.45) is 0 Å². The summed E-state index contributed by atoms with van der Waals surface area (Å²) in [5.74, 6) is 1.60. The van der Waals surface area contributed by atoms with E-state index in [4.69, 9.17) is 0 Å². The highest BCUT2D eigenvalue weighted by Crippen LogP contribution is 2.17. The summed E-state index contributed by atoms with van der Waals surface area (Å²) >= 11 is 0. The third kappa shape index (κ3) is 4.26. The van der Waals surface area contributed by atoms with Gasteiger partial charge in [-0.3, -0.25) is 4.79 Å². The van der Waals surface area contributed by atoms with Crippen molar-refractivity contribution in [3.63, 3.8) is 0 Å². The molecule has 0 fully saturated rings. The van der Waals surface area contributed by atoms with Crippen LogP contribution in [-0.4, -0.2) is 35.5 Å². The molecule has 0 saturated carbocycles. The van der Waals surface area contributed by atoms with Crippen LogP contribution in [0.3, 0.4) is 0 Å². The van der Waals surface area contributed by atoms with Crippen LogP contribution in [-0.2, 0) is 4.79 Å². The monoisotopic (exact) mass is 237 g/mol. The van der Waals surface area contributed by atoms with Crippen molar-refractivity contribution in [1.29, 1.82) is 0 Å². The molecule has 0 saturated heterocycles. The molecule has 94 valence electrons. The largest absolute Gasteiger partial charge is 0.370 e. The van der Waals surface area contributed by atoms with Crippen molar-refractivity contribution >= 4 is 17.5 Å². The van der Waals surface area contributed by atoms with Crippen LogP contribution >= 0.6 is 0 Å². The van der Waals surface area contributed by atoms with Gasteiger partial charge in [-0.1, -0.05) is 0 Å². The molecule has 1 aromatic heterocycles. The van der Waals surface area contributed by atoms with Gasteiger partial charge in [0, 0.05) is 32.1 Å². The standard InChI is InChI=1S/C11H19N5O/c1-4-12-10-8(2)11(16-7-15-10)14-6-5-13-9(3)17/h7H,4-6H2,1-3H3,(H,13,17)(H2,12,14,15,16). The fourth-order valence-electron chi connectivity index (χ4n) is 1.39. The number of anilines is 2. The lowest BCUT2D eigenvalue weighted by Gasteiger charge is -2.11. The number of hydrogen-bond donors (Lipinski definition) is 3. The molecule has 0 aliphatic carbocycles. The van der Waals surface area contributed by atoms with E-state index in [1.807, 2.05) is 13.8 Å². The van der Waals surface area contributed by atoms with Crippen LogP contribution < -0.4 is 16.0 Å². The molecule has 0 atom stereocenters. The maximum atomic E-state index is 10.7. The minimum atomic E-state index is -0.0282. The van der Waals surface area contributed by atoms with Crippen LogP contribution in [0.25, 0.3) is 0 Å². The molecular formula is C11H19N5O. The summed E-state index contributed by atoms with van der Waals surface area (Å²) in [7, 11) is 0. The number of nitrogens with one attached hydrogen (secondary N) is 3. The van der Waals surface area contributed by atoms with Crippen molar-refractivity contribution in [3.8, 4) is 0 Å². The van der Waals surface area contributed by atoms with E-state index in [1.165, 1.54) is 13.3 Å². The van der Waals surface area contributed by atoms with E-state index in [2.05, 4.69) is 25.9 Å². The Balaban J connectivity index is 2.53. The van der Waals surface area contributed by atoms with Gasteiger partial charge in [-0.2, -0.15) is 0 Å². The number of hydrogen-bond acceptors (Lipinski definition) is 5. The maximum Gasteiger partial charge on any atom is 0.216 e. The molecule has 0 bridgehead atoms. The summed E-state index contributed by atoms with van der Waals surface area (Å²) in [6.45, 7) is 7.52. The second kappa shape index (κ2) is 6.67. The first-order valence-corrected chi connectivity index (χ1v) is 5.69. The van der Waals surface area contributed by atoms with Crippen LogP contribution in [0.2, 0.25) is 0 Å². The third-order valence-electron chi connectivity index (χ3n) is 2.22. The molecule has 6 heteroatoms. The van der Waals surface area contributed by atoms with Gasteiger partial charge in [0.2, 0.25) is 5.91 Å². The Morgan fingerprint density at radius 2 is 1.88 bits per heavy atom. The van der Waals surface area contributed by atoms with E-state index in [9.17, 15) is 4.79 Å². The first-order chi connectivity index (χ1) is 8.15. The summed E-state index contributed by atoms with van der Waals surface area (Å²) in [6.07, 6.45) is 1.52. The molecular weight excluding hydrogens is 218 g/mol. The zero-order chi connectivity index (χ0) is 12.7. The summed E-state index contributed by atoms with van der Waals surface area (Å²) in [5, 5.41) is 9.04. The van der Waals surface area contributed by atoms with Gasteiger partial charge in [0.05, 0.1) is 0 Å². The number of carbonyl (C=O) groups is 1. The molecule has 17 heavy (non-hydrogen) atoms. The predicted molar refractivity (Wildman–Crippen MR) is 68.1 cm³/mol. The molecule has 1 heterocycles. The smallest absolute Gasteiger partial charge is 0.216 e. The molecule has 1 aromatic rings. The molecule has 3 N–H and O–H groups in total. The molecule has 1 amide bonds. The van der Waals surface area contributed by atoms with Gasteiger partial charge in [0.15, 0.2) is 0 Å². The topological polar surface area (TPSA) is 78.9 Å². The van der Waals surface area contributed by atoms with E-state index in [0.717, 1.165) is 23.7 Å². The predicted octanol–water partition coefficient (Wildman–Crippen LogP) is 0.765. The van der Waals surface area contributed by atoms with E-state index >= 15 is 0 Å². The second-order valence-corrected chi connectivity index (χ2v) is 3.64. The average molecular weight is 237 g/mol. The fourth-order valence-corrected chi connectivity index (χ4v) is 1.39. The van der Waals surface area contributed by atoms with Crippen LogP contribution in [0.1, 0.15) is 19.4 Å². The Kier molecular flexibility index (Phi) is 5.19. The van der Waals surface area contributed by atoms with Crippen LogP contribution in [0.15, 0.2) is 6.33 Å². The average Bonchev–Trinajstić information content (AvgIpc) is 2.29. The van der Waals surface area contributed by atoms with Gasteiger partial charge in [0.1, 0.15) is 18.0 Å². The van der Waals surface area contributed by atoms with Crippen LogP contribution in [0, 0.1) is 6.92 Å². The van der Waals surface area contributed by atoms with Crippen molar-refractivity contribution in [1.82, 2.24) is 15.3 Å². The molecule has 6 nitrogen and oxygen atoms in total. The molecule has 0 aliphatic rings. The van der Waals surface area contributed by atoms with Crippen molar-refractivity contribution in [2.75, 3.05) is 30.3 Å². The van der Waals surface area contributed by atoms with E-state index < -0.39 is 0 Å². The summed E-state index contributed by atoms with van der Waals surface area (Å²) < 4.78 is 0. The Bertz CT molecular complexity index is 380. The first-order valence-electron chi connectivity index (χ1n) is 5.69. The van der Waals surface area contributed by atoms with Gasteiger partial charge in [0.25, 0.3) is 0 Å². The van der Waals surface area contributed by atoms with Gasteiger partial charge < -0.3 is 16.0 Å². The SMILES string of the molecule is CCNc1ncnc(NCCNC(C)=O)c1C. The van der Waals surface area contributed by atoms with Gasteiger partial charge in [-0.15, -0.1) is 0 Å². The molecule has 0 aliphatic heterocycles. The first kappa shape index (κ1) is 13.2. The molecule has 0 unspecified atom stereocenters. The second-order valence-electron chi connectivity index (χ2n) is 3.64. The van der Waals surface area contributed by atoms with Crippen molar-refractivity contribution in [3.05, 3.63) is 11.9 Å². The van der Waals surface area contributed by atoms with Crippen LogP contribution in [0.5, 0.6) is 0 Å². The Hall–Kier alpha value is -1.85. The highest BCUT2D eigenvalue weighted by atomic mass is 16.1. The highest BCUT2D eigenvalue weighted by Gasteiger charge is 2.05. The Morgan fingerprint density at radius 3 is 2.47 bits per heavy atom. The molecule has 0 radical (unpaired) electrons. The highest BCUT2D eigenvalue weighted by molar-refractivity contribution is 5.72. The normalized spacial score (nSPS) is 9.82. The lowest BCUT2D eigenvalue weighted by atomic mass is 10.3. The number of carbonyl (C=O) groups excluding carboxylic acids is 1. The quantitative estimate of drug-likeness (QED) is 0.637.